The molecule has 0 saturated carbocycles. The molecule has 1 aliphatic rings. The van der Waals surface area contributed by atoms with E-state index in [2.05, 4.69) is 18.7 Å². The minimum atomic E-state index is -2.83. The van der Waals surface area contributed by atoms with Gasteiger partial charge in [0.1, 0.15) is 0 Å². The summed E-state index contributed by atoms with van der Waals surface area (Å²) in [6.45, 7) is 6.29. The van der Waals surface area contributed by atoms with E-state index in [4.69, 9.17) is 5.73 Å². The van der Waals surface area contributed by atoms with Crippen molar-refractivity contribution in [3.8, 4) is 0 Å². The van der Waals surface area contributed by atoms with Crippen molar-refractivity contribution < 1.29 is 8.42 Å². The number of hydrogen-bond acceptors (Lipinski definition) is 4. The van der Waals surface area contributed by atoms with Gasteiger partial charge in [0.05, 0.1) is 11.5 Å². The lowest BCUT2D eigenvalue weighted by molar-refractivity contribution is 0.195. The van der Waals surface area contributed by atoms with Crippen LogP contribution in [0.4, 0.5) is 0 Å². The second-order valence-electron chi connectivity index (χ2n) is 4.39. The lowest BCUT2D eigenvalue weighted by Gasteiger charge is -2.35. The monoisotopic (exact) mass is 220 g/mol. The number of hydrogen-bond donors (Lipinski definition) is 1. The maximum absolute atomic E-state index is 11.4. The molecule has 84 valence electrons. The minimum absolute atomic E-state index is 0.0242. The van der Waals surface area contributed by atoms with Crippen LogP contribution in [0.2, 0.25) is 0 Å². The predicted molar refractivity (Wildman–Crippen MR) is 57.9 cm³/mol. The largest absolute Gasteiger partial charge is 0.329 e. The fourth-order valence-electron chi connectivity index (χ4n) is 1.85. The molecule has 0 spiro atoms. The molecule has 0 aliphatic carbocycles. The van der Waals surface area contributed by atoms with Crippen molar-refractivity contribution in [3.05, 3.63) is 0 Å². The van der Waals surface area contributed by atoms with E-state index in [1.807, 2.05) is 0 Å². The molecule has 1 aliphatic heterocycles. The molecule has 1 heterocycles. The van der Waals surface area contributed by atoms with E-state index in [1.54, 1.807) is 0 Å². The third-order valence-corrected chi connectivity index (χ3v) is 4.22. The van der Waals surface area contributed by atoms with Crippen molar-refractivity contribution in [3.63, 3.8) is 0 Å². The smallest absolute Gasteiger partial charge is 0.153 e. The van der Waals surface area contributed by atoms with Gasteiger partial charge in [-0.3, -0.25) is 4.90 Å². The molecular weight excluding hydrogens is 200 g/mol. The van der Waals surface area contributed by atoms with Gasteiger partial charge < -0.3 is 5.73 Å². The number of rotatable bonds is 3. The minimum Gasteiger partial charge on any atom is -0.329 e. The van der Waals surface area contributed by atoms with Crippen molar-refractivity contribution in [2.24, 2.45) is 11.7 Å². The van der Waals surface area contributed by atoms with E-state index in [-0.39, 0.29) is 17.5 Å². The highest BCUT2D eigenvalue weighted by molar-refractivity contribution is 7.91. The summed E-state index contributed by atoms with van der Waals surface area (Å²) < 4.78 is 22.7. The fourth-order valence-corrected chi connectivity index (χ4v) is 3.46. The Balaban J connectivity index is 2.61. The first-order valence-corrected chi connectivity index (χ1v) is 6.91. The van der Waals surface area contributed by atoms with Crippen molar-refractivity contribution in [2.45, 2.75) is 19.9 Å². The van der Waals surface area contributed by atoms with E-state index in [0.29, 0.717) is 19.0 Å². The first-order valence-electron chi connectivity index (χ1n) is 5.09. The van der Waals surface area contributed by atoms with Crippen molar-refractivity contribution in [1.29, 1.82) is 0 Å². The van der Waals surface area contributed by atoms with Crippen LogP contribution >= 0.6 is 0 Å². The summed E-state index contributed by atoms with van der Waals surface area (Å²) in [5.74, 6) is 1.08. The highest BCUT2D eigenvalue weighted by Crippen LogP contribution is 2.12. The van der Waals surface area contributed by atoms with E-state index in [9.17, 15) is 8.42 Å². The molecule has 1 fully saturated rings. The van der Waals surface area contributed by atoms with Crippen LogP contribution in [0.25, 0.3) is 0 Å². The molecule has 1 saturated heterocycles. The summed E-state index contributed by atoms with van der Waals surface area (Å²) in [6.07, 6.45) is 0. The second kappa shape index (κ2) is 4.59. The summed E-state index contributed by atoms with van der Waals surface area (Å²) in [4.78, 5) is 2.20. The Morgan fingerprint density at radius 1 is 1.50 bits per heavy atom. The Kier molecular flexibility index (Phi) is 3.92. The number of sulfone groups is 1. The van der Waals surface area contributed by atoms with Crippen molar-refractivity contribution in [2.75, 3.05) is 31.1 Å². The molecule has 1 rings (SSSR count). The highest BCUT2D eigenvalue weighted by Gasteiger charge is 2.30. The molecular formula is C9H20N2O2S. The van der Waals surface area contributed by atoms with Crippen LogP contribution in [0.5, 0.6) is 0 Å². The van der Waals surface area contributed by atoms with Gasteiger partial charge >= 0.3 is 0 Å². The second-order valence-corrected chi connectivity index (χ2v) is 6.62. The van der Waals surface area contributed by atoms with Crippen LogP contribution in [0.3, 0.4) is 0 Å². The van der Waals surface area contributed by atoms with E-state index >= 15 is 0 Å². The molecule has 2 N–H and O–H groups in total. The van der Waals surface area contributed by atoms with Gasteiger partial charge in [-0.25, -0.2) is 8.42 Å². The molecule has 14 heavy (non-hydrogen) atoms. The highest BCUT2D eigenvalue weighted by atomic mass is 32.2. The van der Waals surface area contributed by atoms with Gasteiger partial charge in [-0.2, -0.15) is 0 Å². The van der Waals surface area contributed by atoms with Gasteiger partial charge in [0.25, 0.3) is 0 Å². The van der Waals surface area contributed by atoms with E-state index < -0.39 is 9.84 Å². The van der Waals surface area contributed by atoms with Gasteiger partial charge in [0, 0.05) is 25.7 Å². The zero-order valence-corrected chi connectivity index (χ0v) is 9.76. The van der Waals surface area contributed by atoms with Crippen LogP contribution in [0.15, 0.2) is 0 Å². The normalized spacial score (nSPS) is 28.1. The number of nitrogens with two attached hydrogens (primary N) is 1. The zero-order chi connectivity index (χ0) is 10.8. The average molecular weight is 220 g/mol. The van der Waals surface area contributed by atoms with Gasteiger partial charge in [0.15, 0.2) is 9.84 Å². The summed E-state index contributed by atoms with van der Waals surface area (Å²) >= 11 is 0. The van der Waals surface area contributed by atoms with E-state index in [1.165, 1.54) is 0 Å². The Morgan fingerprint density at radius 2 is 2.14 bits per heavy atom. The van der Waals surface area contributed by atoms with Gasteiger partial charge in [-0.1, -0.05) is 13.8 Å². The van der Waals surface area contributed by atoms with Crippen molar-refractivity contribution >= 4 is 9.84 Å². The third kappa shape index (κ3) is 3.22. The van der Waals surface area contributed by atoms with Crippen molar-refractivity contribution in [1.82, 2.24) is 4.90 Å². The van der Waals surface area contributed by atoms with Crippen LogP contribution in [-0.2, 0) is 9.84 Å². The molecule has 4 nitrogen and oxygen atoms in total. The summed E-state index contributed by atoms with van der Waals surface area (Å²) in [7, 11) is -2.83. The molecule has 1 unspecified atom stereocenters. The lowest BCUT2D eigenvalue weighted by Crippen LogP contribution is -2.52. The molecule has 0 aromatic heterocycles. The van der Waals surface area contributed by atoms with Gasteiger partial charge in [0.2, 0.25) is 0 Å². The summed E-state index contributed by atoms with van der Waals surface area (Å²) in [6, 6.07) is 0.0242. The molecule has 0 radical (unpaired) electrons. The quantitative estimate of drug-likeness (QED) is 0.709. The molecule has 0 amide bonds. The van der Waals surface area contributed by atoms with Gasteiger partial charge in [-0.15, -0.1) is 0 Å². The van der Waals surface area contributed by atoms with Crippen LogP contribution < -0.4 is 5.73 Å². The Hall–Kier alpha value is -0.130. The van der Waals surface area contributed by atoms with Crippen LogP contribution in [0.1, 0.15) is 13.8 Å². The average Bonchev–Trinajstić information content (AvgIpc) is 2.07. The molecule has 0 bridgehead atoms. The summed E-state index contributed by atoms with van der Waals surface area (Å²) in [5, 5.41) is 0. The maximum atomic E-state index is 11.4. The van der Waals surface area contributed by atoms with Crippen LogP contribution in [-0.4, -0.2) is 50.5 Å². The molecule has 0 aromatic carbocycles. The first-order chi connectivity index (χ1) is 6.44. The van der Waals surface area contributed by atoms with Gasteiger partial charge in [-0.05, 0) is 5.92 Å². The lowest BCUT2D eigenvalue weighted by atomic mass is 10.1. The fraction of sp³-hybridized carbons (Fsp3) is 1.00. The molecule has 5 heteroatoms. The third-order valence-electron chi connectivity index (χ3n) is 2.52. The zero-order valence-electron chi connectivity index (χ0n) is 8.94. The Labute approximate surface area is 86.4 Å². The maximum Gasteiger partial charge on any atom is 0.153 e. The Morgan fingerprint density at radius 3 is 2.64 bits per heavy atom. The SMILES string of the molecule is CC(C)CN1CCS(=O)(=O)CC1CN. The van der Waals surface area contributed by atoms with Crippen LogP contribution in [0, 0.1) is 5.92 Å². The summed E-state index contributed by atoms with van der Waals surface area (Å²) in [5.41, 5.74) is 5.58. The Bertz CT molecular complexity index is 275. The number of nitrogens with zero attached hydrogens (tertiary/aromatic N) is 1. The molecule has 1 atom stereocenters. The standard InChI is InChI=1S/C9H20N2O2S/c1-8(2)6-11-3-4-14(12,13)7-9(11)5-10/h8-9H,3-7,10H2,1-2H3. The first kappa shape index (κ1) is 11.9. The topological polar surface area (TPSA) is 63.4 Å². The predicted octanol–water partition coefficient (Wildman–Crippen LogP) is -0.300. The molecule has 0 aromatic rings. The van der Waals surface area contributed by atoms with E-state index in [0.717, 1.165) is 6.54 Å².